The Morgan fingerprint density at radius 2 is 1.25 bits per heavy atom. The fourth-order valence-corrected chi connectivity index (χ4v) is 3.16. The van der Waals surface area contributed by atoms with Crippen molar-refractivity contribution >= 4 is 22.7 Å². The third kappa shape index (κ3) is 3.76. The fraction of sp³-hybridized carbons (Fsp3) is 0.182. The zero-order valence-corrected chi connectivity index (χ0v) is 16.3. The number of methoxy groups -OCH3 is 2. The predicted molar refractivity (Wildman–Crippen MR) is 110 cm³/mol. The number of aryl methyl sites for hydroxylation is 2. The Kier molecular flexibility index (Phi) is 5.49. The molecule has 0 saturated carbocycles. The molecule has 0 atom stereocenters. The maximum atomic E-state index is 11.5. The maximum Gasteiger partial charge on any atom is 0.274 e. The summed E-state index contributed by atoms with van der Waals surface area (Å²) >= 11 is 0. The lowest BCUT2D eigenvalue weighted by molar-refractivity contribution is -0.385. The summed E-state index contributed by atoms with van der Waals surface area (Å²) in [5, 5.41) is 11.5. The molecule has 0 aliphatic carbocycles. The van der Waals surface area contributed by atoms with Crippen LogP contribution in [0.1, 0.15) is 11.1 Å². The van der Waals surface area contributed by atoms with Gasteiger partial charge >= 0.3 is 0 Å². The first-order valence-electron chi connectivity index (χ1n) is 8.78. The van der Waals surface area contributed by atoms with E-state index in [1.807, 2.05) is 66.4 Å². The zero-order chi connectivity index (χ0) is 20.3. The molecule has 3 aromatic rings. The highest BCUT2D eigenvalue weighted by atomic mass is 16.6. The molecule has 0 aliphatic rings. The summed E-state index contributed by atoms with van der Waals surface area (Å²) in [6.45, 7) is 3.70. The van der Waals surface area contributed by atoms with E-state index in [0.29, 0.717) is 5.56 Å². The van der Waals surface area contributed by atoms with Crippen LogP contribution in [0.25, 0.3) is 0 Å². The normalized spacial score (nSPS) is 10.4. The van der Waals surface area contributed by atoms with Crippen LogP contribution in [0.2, 0.25) is 0 Å². The lowest BCUT2D eigenvalue weighted by Gasteiger charge is -2.27. The molecule has 6 nitrogen and oxygen atoms in total. The number of nitro groups is 1. The third-order valence-corrected chi connectivity index (χ3v) is 4.61. The van der Waals surface area contributed by atoms with Crippen molar-refractivity contribution in [3.63, 3.8) is 0 Å². The minimum atomic E-state index is -0.349. The monoisotopic (exact) mass is 378 g/mol. The van der Waals surface area contributed by atoms with E-state index in [4.69, 9.17) is 9.47 Å². The van der Waals surface area contributed by atoms with E-state index >= 15 is 0 Å². The molecule has 0 fully saturated rings. The zero-order valence-electron chi connectivity index (χ0n) is 16.3. The number of nitro benzene ring substituents is 1. The highest BCUT2D eigenvalue weighted by molar-refractivity contribution is 5.80. The summed E-state index contributed by atoms with van der Waals surface area (Å²) in [7, 11) is 3.23. The summed E-state index contributed by atoms with van der Waals surface area (Å²) in [6, 6.07) is 18.6. The molecule has 6 heteroatoms. The fourth-order valence-electron chi connectivity index (χ4n) is 3.16. The Morgan fingerprint density at radius 3 is 1.64 bits per heavy atom. The Hall–Kier alpha value is -3.54. The lowest BCUT2D eigenvalue weighted by atomic mass is 10.1. The molecule has 0 heterocycles. The number of hydrogen-bond acceptors (Lipinski definition) is 5. The van der Waals surface area contributed by atoms with E-state index in [1.165, 1.54) is 0 Å². The van der Waals surface area contributed by atoms with E-state index in [1.54, 1.807) is 27.2 Å². The van der Waals surface area contributed by atoms with Gasteiger partial charge < -0.3 is 14.4 Å². The highest BCUT2D eigenvalue weighted by Gasteiger charge is 2.20. The molecule has 0 aliphatic heterocycles. The van der Waals surface area contributed by atoms with Crippen LogP contribution in [0.5, 0.6) is 11.5 Å². The van der Waals surface area contributed by atoms with Gasteiger partial charge in [0.1, 0.15) is 11.5 Å². The quantitative estimate of drug-likeness (QED) is 0.407. The summed E-state index contributed by atoms with van der Waals surface area (Å²) in [4.78, 5) is 13.1. The van der Waals surface area contributed by atoms with Crippen LogP contribution in [0.4, 0.5) is 22.7 Å². The molecule has 0 amide bonds. The Morgan fingerprint density at radius 1 is 0.786 bits per heavy atom. The SMILES string of the molecule is COc1ccc(N(c2ccc(OC)cc2)c2cc([N+](=O)[O-])c(C)cc2C)cc1. The molecule has 0 radical (unpaired) electrons. The molecule has 0 bridgehead atoms. The summed E-state index contributed by atoms with van der Waals surface area (Å²) in [5.41, 5.74) is 4.14. The minimum Gasteiger partial charge on any atom is -0.497 e. The van der Waals surface area contributed by atoms with Gasteiger partial charge in [-0.15, -0.1) is 0 Å². The topological polar surface area (TPSA) is 64.8 Å². The summed E-state index contributed by atoms with van der Waals surface area (Å²) < 4.78 is 10.5. The second-order valence-electron chi connectivity index (χ2n) is 6.41. The van der Waals surface area contributed by atoms with Crippen LogP contribution in [0.15, 0.2) is 60.7 Å². The molecular weight excluding hydrogens is 356 g/mol. The number of hydrogen-bond donors (Lipinski definition) is 0. The van der Waals surface area contributed by atoms with Crippen molar-refractivity contribution < 1.29 is 14.4 Å². The lowest BCUT2D eigenvalue weighted by Crippen LogP contribution is -2.12. The number of benzene rings is 3. The van der Waals surface area contributed by atoms with Gasteiger partial charge in [-0.3, -0.25) is 10.1 Å². The van der Waals surface area contributed by atoms with Gasteiger partial charge in [-0.25, -0.2) is 0 Å². The Bertz CT molecular complexity index is 935. The van der Waals surface area contributed by atoms with Gasteiger partial charge in [0.05, 0.1) is 24.8 Å². The van der Waals surface area contributed by atoms with Crippen molar-refractivity contribution in [2.24, 2.45) is 0 Å². The average Bonchev–Trinajstić information content (AvgIpc) is 2.70. The summed E-state index contributed by atoms with van der Waals surface area (Å²) in [5.74, 6) is 1.48. The van der Waals surface area contributed by atoms with Gasteiger partial charge in [0, 0.05) is 23.0 Å². The van der Waals surface area contributed by atoms with E-state index < -0.39 is 0 Å². The molecule has 28 heavy (non-hydrogen) atoms. The first kappa shape index (κ1) is 19.2. The molecule has 144 valence electrons. The van der Waals surface area contributed by atoms with Gasteiger partial charge in [0.15, 0.2) is 0 Å². The smallest absolute Gasteiger partial charge is 0.274 e. The molecule has 3 aromatic carbocycles. The maximum absolute atomic E-state index is 11.5. The molecule has 0 N–H and O–H groups in total. The predicted octanol–water partition coefficient (Wildman–Crippen LogP) is 5.70. The third-order valence-electron chi connectivity index (χ3n) is 4.61. The van der Waals surface area contributed by atoms with Gasteiger partial charge in [-0.05, 0) is 74.0 Å². The van der Waals surface area contributed by atoms with Crippen LogP contribution in [0.3, 0.4) is 0 Å². The number of anilines is 3. The average molecular weight is 378 g/mol. The van der Waals surface area contributed by atoms with E-state index in [-0.39, 0.29) is 10.6 Å². The Labute approximate surface area is 164 Å². The number of ether oxygens (including phenoxy) is 2. The number of nitrogens with zero attached hydrogens (tertiary/aromatic N) is 2. The van der Waals surface area contributed by atoms with Crippen LogP contribution in [-0.4, -0.2) is 19.1 Å². The standard InChI is InChI=1S/C22H22N2O4/c1-15-13-16(2)22(24(25)26)14-21(15)23(17-5-9-19(27-3)10-6-17)18-7-11-20(28-4)12-8-18/h5-14H,1-4H3. The van der Waals surface area contributed by atoms with Gasteiger partial charge in [-0.2, -0.15) is 0 Å². The van der Waals surface area contributed by atoms with E-state index in [0.717, 1.165) is 34.1 Å². The van der Waals surface area contributed by atoms with Crippen LogP contribution < -0.4 is 14.4 Å². The molecule has 0 unspecified atom stereocenters. The summed E-state index contributed by atoms with van der Waals surface area (Å²) in [6.07, 6.45) is 0. The second-order valence-corrected chi connectivity index (χ2v) is 6.41. The van der Waals surface area contributed by atoms with Crippen molar-refractivity contribution in [3.05, 3.63) is 81.9 Å². The molecule has 0 spiro atoms. The molecule has 0 aromatic heterocycles. The molecule has 0 saturated heterocycles. The van der Waals surface area contributed by atoms with Crippen molar-refractivity contribution in [3.8, 4) is 11.5 Å². The largest absolute Gasteiger partial charge is 0.497 e. The van der Waals surface area contributed by atoms with Gasteiger partial charge in [0.2, 0.25) is 0 Å². The second kappa shape index (κ2) is 8.00. The first-order chi connectivity index (χ1) is 13.4. The van der Waals surface area contributed by atoms with Crippen molar-refractivity contribution in [1.29, 1.82) is 0 Å². The van der Waals surface area contributed by atoms with Crippen molar-refractivity contribution in [2.75, 3.05) is 19.1 Å². The van der Waals surface area contributed by atoms with Gasteiger partial charge in [0.25, 0.3) is 5.69 Å². The Balaban J connectivity index is 2.20. The molecule has 3 rings (SSSR count). The van der Waals surface area contributed by atoms with E-state index in [9.17, 15) is 10.1 Å². The minimum absolute atomic E-state index is 0.0904. The van der Waals surface area contributed by atoms with Crippen LogP contribution in [0, 0.1) is 24.0 Å². The first-order valence-corrected chi connectivity index (χ1v) is 8.78. The van der Waals surface area contributed by atoms with Crippen LogP contribution in [-0.2, 0) is 0 Å². The van der Waals surface area contributed by atoms with Gasteiger partial charge in [-0.1, -0.05) is 0 Å². The van der Waals surface area contributed by atoms with E-state index in [2.05, 4.69) is 0 Å². The van der Waals surface area contributed by atoms with Crippen molar-refractivity contribution in [1.82, 2.24) is 0 Å². The molecular formula is C22H22N2O4. The number of rotatable bonds is 6. The van der Waals surface area contributed by atoms with Crippen LogP contribution >= 0.6 is 0 Å². The van der Waals surface area contributed by atoms with Crippen molar-refractivity contribution in [2.45, 2.75) is 13.8 Å². The highest BCUT2D eigenvalue weighted by Crippen LogP contribution is 2.40.